The first-order chi connectivity index (χ1) is 13.7. The van der Waals surface area contributed by atoms with Crippen LogP contribution in [0.5, 0.6) is 5.75 Å². The van der Waals surface area contributed by atoms with E-state index in [1.807, 2.05) is 30.3 Å². The molecule has 0 spiro atoms. The van der Waals surface area contributed by atoms with E-state index in [0.717, 1.165) is 17.7 Å². The molecule has 0 saturated heterocycles. The number of halogens is 3. The highest BCUT2D eigenvalue weighted by atomic mass is 19.4. The summed E-state index contributed by atoms with van der Waals surface area (Å²) >= 11 is 0. The molecule has 0 unspecified atom stereocenters. The van der Waals surface area contributed by atoms with Crippen molar-refractivity contribution in [2.75, 3.05) is 32.0 Å². The van der Waals surface area contributed by atoms with Gasteiger partial charge in [0.15, 0.2) is 0 Å². The van der Waals surface area contributed by atoms with E-state index in [1.54, 1.807) is 7.05 Å². The van der Waals surface area contributed by atoms with Crippen molar-refractivity contribution in [2.45, 2.75) is 12.8 Å². The van der Waals surface area contributed by atoms with E-state index in [-0.39, 0.29) is 24.7 Å². The van der Waals surface area contributed by atoms with Gasteiger partial charge in [-0.1, -0.05) is 30.3 Å². The third kappa shape index (κ3) is 9.11. The number of hydrogen-bond acceptors (Lipinski definition) is 4. The molecule has 0 aliphatic carbocycles. The van der Waals surface area contributed by atoms with Gasteiger partial charge in [-0.2, -0.15) is 0 Å². The number of carbonyl (C=O) groups excluding carboxylic acids is 2. The van der Waals surface area contributed by atoms with Crippen LogP contribution in [0.4, 0.5) is 18.9 Å². The molecule has 0 aromatic heterocycles. The van der Waals surface area contributed by atoms with Crippen molar-refractivity contribution in [3.05, 3.63) is 60.2 Å². The predicted octanol–water partition coefficient (Wildman–Crippen LogP) is 2.81. The summed E-state index contributed by atoms with van der Waals surface area (Å²) in [6, 6.07) is 14.5. The standard InChI is InChI=1S/C20H22F3N3O3/c1-26(13-18(27)24-12-11-15-5-3-2-4-6-15)14-19(28)25-16-7-9-17(10-8-16)29-20(21,22)23/h2-10H,11-14H2,1H3,(H,24,27)(H,25,28). The Morgan fingerprint density at radius 2 is 1.59 bits per heavy atom. The molecule has 9 heteroatoms. The Bertz CT molecular complexity index is 796. The summed E-state index contributed by atoms with van der Waals surface area (Å²) in [7, 11) is 1.62. The summed E-state index contributed by atoms with van der Waals surface area (Å²) in [5.41, 5.74) is 1.44. The van der Waals surface area contributed by atoms with Gasteiger partial charge in [0.25, 0.3) is 0 Å². The molecule has 0 aliphatic rings. The fourth-order valence-electron chi connectivity index (χ4n) is 2.53. The Hall–Kier alpha value is -3.07. The molecule has 0 saturated carbocycles. The Balaban J connectivity index is 1.69. The minimum Gasteiger partial charge on any atom is -0.406 e. The van der Waals surface area contributed by atoms with Crippen molar-refractivity contribution >= 4 is 17.5 Å². The maximum absolute atomic E-state index is 12.1. The van der Waals surface area contributed by atoms with Crippen LogP contribution in [0.15, 0.2) is 54.6 Å². The molecule has 6 nitrogen and oxygen atoms in total. The van der Waals surface area contributed by atoms with E-state index in [1.165, 1.54) is 17.0 Å². The molecule has 156 valence electrons. The molecule has 0 aliphatic heterocycles. The van der Waals surface area contributed by atoms with Crippen LogP contribution in [0.1, 0.15) is 5.56 Å². The average molecular weight is 409 g/mol. The van der Waals surface area contributed by atoms with E-state index in [2.05, 4.69) is 15.4 Å². The van der Waals surface area contributed by atoms with Crippen molar-refractivity contribution in [1.29, 1.82) is 0 Å². The number of hydrogen-bond donors (Lipinski definition) is 2. The fourth-order valence-corrected chi connectivity index (χ4v) is 2.53. The number of anilines is 1. The molecule has 2 aromatic carbocycles. The number of benzene rings is 2. The summed E-state index contributed by atoms with van der Waals surface area (Å²) in [5, 5.41) is 5.34. The first kappa shape index (κ1) is 22.2. The molecule has 2 N–H and O–H groups in total. The molecule has 2 aromatic rings. The monoisotopic (exact) mass is 409 g/mol. The predicted molar refractivity (Wildman–Crippen MR) is 102 cm³/mol. The van der Waals surface area contributed by atoms with Gasteiger partial charge in [0.1, 0.15) is 5.75 Å². The Morgan fingerprint density at radius 1 is 0.966 bits per heavy atom. The first-order valence-electron chi connectivity index (χ1n) is 8.86. The number of nitrogens with one attached hydrogen (secondary N) is 2. The van der Waals surface area contributed by atoms with Crippen molar-refractivity contribution < 1.29 is 27.5 Å². The summed E-state index contributed by atoms with van der Waals surface area (Å²) in [5.74, 6) is -0.973. The largest absolute Gasteiger partial charge is 0.573 e. The molecule has 0 fully saturated rings. The van der Waals surface area contributed by atoms with Gasteiger partial charge < -0.3 is 15.4 Å². The highest BCUT2D eigenvalue weighted by Gasteiger charge is 2.30. The molecular formula is C20H22F3N3O3. The summed E-state index contributed by atoms with van der Waals surface area (Å²) in [6.45, 7) is 0.489. The Labute approximate surface area is 166 Å². The summed E-state index contributed by atoms with van der Waals surface area (Å²) in [6.07, 6.45) is -4.06. The van der Waals surface area contributed by atoms with Crippen LogP contribution in [-0.4, -0.2) is 49.8 Å². The van der Waals surface area contributed by atoms with Gasteiger partial charge in [-0.05, 0) is 43.3 Å². The van der Waals surface area contributed by atoms with Crippen LogP contribution in [0, 0.1) is 0 Å². The maximum Gasteiger partial charge on any atom is 0.573 e. The number of ether oxygens (including phenoxy) is 1. The third-order valence-electron chi connectivity index (χ3n) is 3.78. The lowest BCUT2D eigenvalue weighted by Crippen LogP contribution is -2.39. The van der Waals surface area contributed by atoms with Crippen molar-refractivity contribution in [2.24, 2.45) is 0 Å². The van der Waals surface area contributed by atoms with Crippen LogP contribution < -0.4 is 15.4 Å². The first-order valence-corrected chi connectivity index (χ1v) is 8.86. The maximum atomic E-state index is 12.1. The second kappa shape index (κ2) is 10.5. The lowest BCUT2D eigenvalue weighted by atomic mass is 10.1. The zero-order chi connectivity index (χ0) is 21.3. The van der Waals surface area contributed by atoms with E-state index < -0.39 is 12.3 Å². The fraction of sp³-hybridized carbons (Fsp3) is 0.300. The number of carbonyl (C=O) groups is 2. The SMILES string of the molecule is CN(CC(=O)NCCc1ccccc1)CC(=O)Nc1ccc(OC(F)(F)F)cc1. The molecule has 0 bridgehead atoms. The third-order valence-corrected chi connectivity index (χ3v) is 3.78. The second-order valence-electron chi connectivity index (χ2n) is 6.38. The Morgan fingerprint density at radius 3 is 2.21 bits per heavy atom. The molecule has 2 amide bonds. The molecule has 29 heavy (non-hydrogen) atoms. The van der Waals surface area contributed by atoms with Crippen LogP contribution in [0.2, 0.25) is 0 Å². The zero-order valence-corrected chi connectivity index (χ0v) is 15.8. The number of rotatable bonds is 9. The van der Waals surface area contributed by atoms with Gasteiger partial charge in [-0.15, -0.1) is 13.2 Å². The van der Waals surface area contributed by atoms with Crippen LogP contribution in [0.25, 0.3) is 0 Å². The minimum atomic E-state index is -4.77. The van der Waals surface area contributed by atoms with Gasteiger partial charge in [0, 0.05) is 12.2 Å². The highest BCUT2D eigenvalue weighted by Crippen LogP contribution is 2.23. The van der Waals surface area contributed by atoms with Gasteiger partial charge in [-0.3, -0.25) is 14.5 Å². The molecule has 0 heterocycles. The number of amides is 2. The van der Waals surface area contributed by atoms with Crippen LogP contribution in [0.3, 0.4) is 0 Å². The molecule has 2 rings (SSSR count). The normalized spacial score (nSPS) is 11.2. The van der Waals surface area contributed by atoms with Gasteiger partial charge in [0.2, 0.25) is 11.8 Å². The van der Waals surface area contributed by atoms with E-state index >= 15 is 0 Å². The zero-order valence-electron chi connectivity index (χ0n) is 15.8. The smallest absolute Gasteiger partial charge is 0.406 e. The van der Waals surface area contributed by atoms with Crippen molar-refractivity contribution in [3.63, 3.8) is 0 Å². The number of nitrogens with zero attached hydrogens (tertiary/aromatic N) is 1. The molecule has 0 atom stereocenters. The summed E-state index contributed by atoms with van der Waals surface area (Å²) < 4.78 is 40.2. The lowest BCUT2D eigenvalue weighted by Gasteiger charge is -2.16. The summed E-state index contributed by atoms with van der Waals surface area (Å²) in [4.78, 5) is 25.5. The van der Waals surface area contributed by atoms with Crippen molar-refractivity contribution in [3.8, 4) is 5.75 Å². The minimum absolute atomic E-state index is 0.0422. The number of alkyl halides is 3. The van der Waals surface area contributed by atoms with Crippen molar-refractivity contribution in [1.82, 2.24) is 10.2 Å². The lowest BCUT2D eigenvalue weighted by molar-refractivity contribution is -0.274. The topological polar surface area (TPSA) is 70.7 Å². The van der Waals surface area contributed by atoms with E-state index in [9.17, 15) is 22.8 Å². The Kier molecular flexibility index (Phi) is 8.02. The van der Waals surface area contributed by atoms with Gasteiger partial charge in [-0.25, -0.2) is 0 Å². The van der Waals surface area contributed by atoms with Crippen LogP contribution in [-0.2, 0) is 16.0 Å². The van der Waals surface area contributed by atoms with Crippen LogP contribution >= 0.6 is 0 Å². The second-order valence-corrected chi connectivity index (χ2v) is 6.38. The molecular weight excluding hydrogens is 387 g/mol. The van der Waals surface area contributed by atoms with Gasteiger partial charge in [0.05, 0.1) is 13.1 Å². The van der Waals surface area contributed by atoms with E-state index in [0.29, 0.717) is 18.7 Å². The number of likely N-dealkylation sites (N-methyl/N-ethyl adjacent to an activating group) is 1. The highest BCUT2D eigenvalue weighted by molar-refractivity contribution is 5.92. The quantitative estimate of drug-likeness (QED) is 0.668. The van der Waals surface area contributed by atoms with E-state index in [4.69, 9.17) is 0 Å². The average Bonchev–Trinajstić information content (AvgIpc) is 2.63. The molecule has 0 radical (unpaired) electrons. The van der Waals surface area contributed by atoms with Gasteiger partial charge >= 0.3 is 6.36 Å².